The predicted molar refractivity (Wildman–Crippen MR) is 111 cm³/mol. The number of amides is 1. The van der Waals surface area contributed by atoms with Gasteiger partial charge in [0.2, 0.25) is 15.9 Å². The summed E-state index contributed by atoms with van der Waals surface area (Å²) >= 11 is 6.17. The average molecular weight is 447 g/mol. The van der Waals surface area contributed by atoms with Crippen LogP contribution >= 0.6 is 11.6 Å². The molecule has 2 rings (SSSR count). The third-order valence-electron chi connectivity index (χ3n) is 5.04. The van der Waals surface area contributed by atoms with Crippen molar-refractivity contribution in [1.82, 2.24) is 4.90 Å². The zero-order chi connectivity index (χ0) is 21.8. The van der Waals surface area contributed by atoms with Crippen LogP contribution in [0.1, 0.15) is 26.2 Å². The van der Waals surface area contributed by atoms with E-state index in [2.05, 4.69) is 0 Å². The van der Waals surface area contributed by atoms with Gasteiger partial charge in [-0.15, -0.1) is 0 Å². The number of anilines is 1. The first-order valence-corrected chi connectivity index (χ1v) is 11.6. The summed E-state index contributed by atoms with van der Waals surface area (Å²) in [6, 6.07) is 3.69. The molecular formula is C19H27ClN2O6S. The summed E-state index contributed by atoms with van der Waals surface area (Å²) in [4.78, 5) is 26.5. The fourth-order valence-corrected chi connectivity index (χ4v) is 5.00. The molecule has 1 amide bonds. The van der Waals surface area contributed by atoms with E-state index in [0.717, 1.165) is 10.6 Å². The second-order valence-corrected chi connectivity index (χ2v) is 9.19. The summed E-state index contributed by atoms with van der Waals surface area (Å²) in [5, 5.41) is 0.250. The van der Waals surface area contributed by atoms with Crippen molar-refractivity contribution in [3.05, 3.63) is 23.2 Å². The molecule has 1 atom stereocenters. The highest BCUT2D eigenvalue weighted by molar-refractivity contribution is 7.92. The number of ether oxygens (including phenoxy) is 2. The fourth-order valence-electron chi connectivity index (χ4n) is 3.55. The molecule has 1 aromatic rings. The van der Waals surface area contributed by atoms with E-state index in [9.17, 15) is 18.0 Å². The topological polar surface area (TPSA) is 93.2 Å². The van der Waals surface area contributed by atoms with Gasteiger partial charge in [-0.3, -0.25) is 13.9 Å². The molecule has 0 aliphatic carbocycles. The quantitative estimate of drug-likeness (QED) is 0.596. The van der Waals surface area contributed by atoms with Gasteiger partial charge in [0.05, 0.1) is 37.1 Å². The van der Waals surface area contributed by atoms with Gasteiger partial charge in [-0.1, -0.05) is 18.5 Å². The van der Waals surface area contributed by atoms with Crippen molar-refractivity contribution in [3.8, 4) is 5.75 Å². The molecule has 1 aliphatic rings. The van der Waals surface area contributed by atoms with Crippen molar-refractivity contribution in [2.45, 2.75) is 32.2 Å². The Bertz CT molecular complexity index is 852. The summed E-state index contributed by atoms with van der Waals surface area (Å²) in [6.07, 6.45) is 2.32. The maximum atomic E-state index is 13.2. The van der Waals surface area contributed by atoms with E-state index in [0.29, 0.717) is 37.4 Å². The van der Waals surface area contributed by atoms with Crippen LogP contribution < -0.4 is 9.04 Å². The smallest absolute Gasteiger partial charge is 0.308 e. The summed E-state index contributed by atoms with van der Waals surface area (Å²) in [6.45, 7) is 2.50. The SMILES string of the molecule is CC[C@H](C(=O)N1CCC(C(=O)OC)CC1)N(c1ccc(OC)c(Cl)c1)S(C)(=O)=O. The number of sulfonamides is 1. The number of hydrogen-bond donors (Lipinski definition) is 0. The Morgan fingerprint density at radius 2 is 1.90 bits per heavy atom. The van der Waals surface area contributed by atoms with Crippen LogP contribution in [-0.4, -0.2) is 64.8 Å². The number of carbonyl (C=O) groups is 2. The molecule has 0 bridgehead atoms. The van der Waals surface area contributed by atoms with Crippen LogP contribution in [0.2, 0.25) is 5.02 Å². The largest absolute Gasteiger partial charge is 0.495 e. The number of methoxy groups -OCH3 is 2. The molecule has 0 radical (unpaired) electrons. The molecule has 1 heterocycles. The third kappa shape index (κ3) is 5.33. The zero-order valence-corrected chi connectivity index (χ0v) is 18.6. The Morgan fingerprint density at radius 1 is 1.28 bits per heavy atom. The maximum absolute atomic E-state index is 13.2. The normalized spacial score (nSPS) is 16.2. The van der Waals surface area contributed by atoms with Gasteiger partial charge < -0.3 is 14.4 Å². The monoisotopic (exact) mass is 446 g/mol. The molecule has 0 unspecified atom stereocenters. The first kappa shape index (κ1) is 23.3. The minimum Gasteiger partial charge on any atom is -0.495 e. The van der Waals surface area contributed by atoms with Crippen LogP contribution in [0.3, 0.4) is 0 Å². The predicted octanol–water partition coefficient (Wildman–Crippen LogP) is 2.30. The lowest BCUT2D eigenvalue weighted by molar-refractivity contribution is -0.149. The van der Waals surface area contributed by atoms with Crippen LogP contribution in [-0.2, 0) is 24.3 Å². The van der Waals surface area contributed by atoms with E-state index >= 15 is 0 Å². The molecule has 1 fully saturated rings. The first-order valence-electron chi connectivity index (χ1n) is 9.33. The molecule has 1 aromatic carbocycles. The van der Waals surface area contributed by atoms with Crippen molar-refractivity contribution in [2.24, 2.45) is 5.92 Å². The number of likely N-dealkylation sites (tertiary alicyclic amines) is 1. The Kier molecular flexibility index (Phi) is 7.76. The number of carbonyl (C=O) groups excluding carboxylic acids is 2. The third-order valence-corrected chi connectivity index (χ3v) is 6.52. The molecule has 0 saturated carbocycles. The van der Waals surface area contributed by atoms with Crippen molar-refractivity contribution in [1.29, 1.82) is 0 Å². The van der Waals surface area contributed by atoms with Gasteiger partial charge in [0, 0.05) is 13.1 Å². The minimum atomic E-state index is -3.77. The molecule has 1 aliphatic heterocycles. The van der Waals surface area contributed by atoms with Gasteiger partial charge >= 0.3 is 5.97 Å². The van der Waals surface area contributed by atoms with E-state index in [-0.39, 0.29) is 29.2 Å². The van der Waals surface area contributed by atoms with Crippen LogP contribution in [0.4, 0.5) is 5.69 Å². The Labute approximate surface area is 176 Å². The Balaban J connectivity index is 2.29. The molecule has 10 heteroatoms. The van der Waals surface area contributed by atoms with Gasteiger partial charge in [-0.05, 0) is 37.5 Å². The number of esters is 1. The summed E-state index contributed by atoms with van der Waals surface area (Å²) in [7, 11) is -0.957. The maximum Gasteiger partial charge on any atom is 0.308 e. The van der Waals surface area contributed by atoms with E-state index in [1.165, 1.54) is 20.3 Å². The lowest BCUT2D eigenvalue weighted by atomic mass is 9.96. The van der Waals surface area contributed by atoms with Crippen LogP contribution in [0, 0.1) is 5.92 Å². The summed E-state index contributed by atoms with van der Waals surface area (Å²) in [5.74, 6) is -0.411. The van der Waals surface area contributed by atoms with Crippen LogP contribution in [0.25, 0.3) is 0 Å². The average Bonchev–Trinajstić information content (AvgIpc) is 2.70. The van der Waals surface area contributed by atoms with Gasteiger partial charge in [0.15, 0.2) is 0 Å². The molecular weight excluding hydrogens is 420 g/mol. The number of rotatable bonds is 7. The second kappa shape index (κ2) is 9.67. The number of hydrogen-bond acceptors (Lipinski definition) is 6. The van der Waals surface area contributed by atoms with Crippen LogP contribution in [0.5, 0.6) is 5.75 Å². The van der Waals surface area contributed by atoms with E-state index in [1.807, 2.05) is 0 Å². The fraction of sp³-hybridized carbons (Fsp3) is 0.579. The molecule has 8 nitrogen and oxygen atoms in total. The number of halogens is 1. The van der Waals surface area contributed by atoms with Gasteiger partial charge in [-0.25, -0.2) is 8.42 Å². The summed E-state index contributed by atoms with van der Waals surface area (Å²) in [5.41, 5.74) is 0.294. The van der Waals surface area contributed by atoms with Gasteiger partial charge in [-0.2, -0.15) is 0 Å². The molecule has 29 heavy (non-hydrogen) atoms. The van der Waals surface area contributed by atoms with Gasteiger partial charge in [0.1, 0.15) is 11.8 Å². The van der Waals surface area contributed by atoms with E-state index < -0.39 is 16.1 Å². The van der Waals surface area contributed by atoms with Gasteiger partial charge in [0.25, 0.3) is 0 Å². The highest BCUT2D eigenvalue weighted by atomic mass is 35.5. The van der Waals surface area contributed by atoms with E-state index in [1.54, 1.807) is 24.0 Å². The van der Waals surface area contributed by atoms with Crippen LogP contribution in [0.15, 0.2) is 18.2 Å². The van der Waals surface area contributed by atoms with E-state index in [4.69, 9.17) is 21.1 Å². The molecule has 0 aromatic heterocycles. The second-order valence-electron chi connectivity index (χ2n) is 6.92. The molecule has 1 saturated heterocycles. The Hall–Kier alpha value is -2.00. The first-order chi connectivity index (χ1) is 13.6. The number of nitrogens with zero attached hydrogens (tertiary/aromatic N) is 2. The molecule has 0 N–H and O–H groups in total. The zero-order valence-electron chi connectivity index (χ0n) is 17.1. The van der Waals surface area contributed by atoms with Crippen molar-refractivity contribution >= 4 is 39.2 Å². The summed E-state index contributed by atoms with van der Waals surface area (Å²) < 4.78 is 36.2. The van der Waals surface area contributed by atoms with Crippen molar-refractivity contribution < 1.29 is 27.5 Å². The number of benzene rings is 1. The highest BCUT2D eigenvalue weighted by Gasteiger charge is 2.36. The van der Waals surface area contributed by atoms with Crippen molar-refractivity contribution in [3.63, 3.8) is 0 Å². The number of piperidine rings is 1. The standard InChI is InChI=1S/C19H27ClN2O6S/c1-5-16(18(23)21-10-8-13(9-11-21)19(24)28-3)22(29(4,25)26)14-6-7-17(27-2)15(20)12-14/h6-7,12-13,16H,5,8-11H2,1-4H3/t16-/m1/s1. The molecule has 0 spiro atoms. The lowest BCUT2D eigenvalue weighted by Gasteiger charge is -2.37. The minimum absolute atomic E-state index is 0.240. The lowest BCUT2D eigenvalue weighted by Crippen LogP contribution is -2.52. The molecule has 162 valence electrons. The van der Waals surface area contributed by atoms with Crippen molar-refractivity contribution in [2.75, 3.05) is 37.9 Å². The highest BCUT2D eigenvalue weighted by Crippen LogP contribution is 2.32. The Morgan fingerprint density at radius 3 is 2.34 bits per heavy atom.